The fourth-order valence-corrected chi connectivity index (χ4v) is 3.33. The van der Waals surface area contributed by atoms with Crippen molar-refractivity contribution in [2.24, 2.45) is 0 Å². The molecule has 2 aromatic carbocycles. The molecule has 1 aromatic heterocycles. The predicted octanol–water partition coefficient (Wildman–Crippen LogP) is 4.28. The lowest BCUT2D eigenvalue weighted by atomic mass is 10.1. The minimum Gasteiger partial charge on any atom is -0.507 e. The standard InChI is InChI=1S/C23H27NO5/c1-4-24(5-2)12-9-13-28-20-15-18(26)21-17(25)14-19(16-10-7-6-8-11-16)29-23(21)22(20)27-3/h6-8,10-11,14-15,26H,4-5,9,12-13H2,1-3H3. The topological polar surface area (TPSA) is 72.1 Å². The fraction of sp³-hybridized carbons (Fsp3) is 0.348. The lowest BCUT2D eigenvalue weighted by Gasteiger charge is -2.18. The molecule has 0 aliphatic carbocycles. The van der Waals surface area contributed by atoms with Gasteiger partial charge in [0.2, 0.25) is 5.75 Å². The van der Waals surface area contributed by atoms with Gasteiger partial charge < -0.3 is 23.9 Å². The monoisotopic (exact) mass is 397 g/mol. The Morgan fingerprint density at radius 1 is 1.10 bits per heavy atom. The maximum atomic E-state index is 12.7. The maximum absolute atomic E-state index is 12.7. The third-order valence-corrected chi connectivity index (χ3v) is 4.93. The molecule has 1 N–H and O–H groups in total. The highest BCUT2D eigenvalue weighted by molar-refractivity contribution is 5.91. The maximum Gasteiger partial charge on any atom is 0.205 e. The van der Waals surface area contributed by atoms with E-state index in [-0.39, 0.29) is 22.1 Å². The van der Waals surface area contributed by atoms with Gasteiger partial charge in [0, 0.05) is 24.2 Å². The molecule has 3 rings (SSSR count). The first kappa shape index (κ1) is 20.7. The van der Waals surface area contributed by atoms with Crippen LogP contribution < -0.4 is 14.9 Å². The van der Waals surface area contributed by atoms with Crippen molar-refractivity contribution in [3.63, 3.8) is 0 Å². The molecule has 3 aromatic rings. The summed E-state index contributed by atoms with van der Waals surface area (Å²) < 4.78 is 17.3. The Hall–Kier alpha value is -2.99. The summed E-state index contributed by atoms with van der Waals surface area (Å²) in [5.74, 6) is 0.869. The molecule has 0 spiro atoms. The van der Waals surface area contributed by atoms with Gasteiger partial charge in [-0.2, -0.15) is 0 Å². The number of benzene rings is 2. The van der Waals surface area contributed by atoms with Gasteiger partial charge in [0.15, 0.2) is 16.8 Å². The molecule has 0 radical (unpaired) electrons. The van der Waals surface area contributed by atoms with Crippen LogP contribution in [0.3, 0.4) is 0 Å². The van der Waals surface area contributed by atoms with Crippen molar-refractivity contribution in [2.75, 3.05) is 33.4 Å². The van der Waals surface area contributed by atoms with Crippen molar-refractivity contribution < 1.29 is 19.0 Å². The third-order valence-electron chi connectivity index (χ3n) is 4.93. The van der Waals surface area contributed by atoms with Gasteiger partial charge >= 0.3 is 0 Å². The second-order valence-electron chi connectivity index (χ2n) is 6.70. The van der Waals surface area contributed by atoms with E-state index in [1.807, 2.05) is 30.3 Å². The molecule has 0 amide bonds. The number of nitrogens with zero attached hydrogens (tertiary/aromatic N) is 1. The molecule has 29 heavy (non-hydrogen) atoms. The fourth-order valence-electron chi connectivity index (χ4n) is 3.33. The minimum atomic E-state index is -0.339. The van der Waals surface area contributed by atoms with E-state index < -0.39 is 0 Å². The average molecular weight is 397 g/mol. The molecule has 0 bridgehead atoms. The Kier molecular flexibility index (Phi) is 6.77. The predicted molar refractivity (Wildman–Crippen MR) is 114 cm³/mol. The van der Waals surface area contributed by atoms with E-state index in [9.17, 15) is 9.90 Å². The quantitative estimate of drug-likeness (QED) is 0.543. The van der Waals surface area contributed by atoms with E-state index in [4.69, 9.17) is 13.9 Å². The van der Waals surface area contributed by atoms with Gasteiger partial charge in [-0.15, -0.1) is 0 Å². The van der Waals surface area contributed by atoms with Crippen LogP contribution in [0.25, 0.3) is 22.3 Å². The molecule has 6 nitrogen and oxygen atoms in total. The van der Waals surface area contributed by atoms with E-state index in [0.717, 1.165) is 31.6 Å². The van der Waals surface area contributed by atoms with Crippen molar-refractivity contribution in [1.82, 2.24) is 4.90 Å². The Morgan fingerprint density at radius 3 is 2.48 bits per heavy atom. The number of phenols is 1. The zero-order valence-electron chi connectivity index (χ0n) is 17.1. The molecule has 1 heterocycles. The molecule has 154 valence electrons. The Morgan fingerprint density at radius 2 is 1.83 bits per heavy atom. The number of methoxy groups -OCH3 is 1. The molecule has 0 fully saturated rings. The molecule has 0 saturated heterocycles. The zero-order chi connectivity index (χ0) is 20.8. The van der Waals surface area contributed by atoms with E-state index in [1.165, 1.54) is 19.2 Å². The second kappa shape index (κ2) is 9.47. The highest BCUT2D eigenvalue weighted by Crippen LogP contribution is 2.41. The number of hydrogen-bond donors (Lipinski definition) is 1. The van der Waals surface area contributed by atoms with E-state index in [0.29, 0.717) is 23.9 Å². The molecule has 6 heteroatoms. The van der Waals surface area contributed by atoms with Crippen LogP contribution in [0.1, 0.15) is 20.3 Å². The van der Waals surface area contributed by atoms with Gasteiger partial charge in [-0.25, -0.2) is 0 Å². The Balaban J connectivity index is 1.96. The van der Waals surface area contributed by atoms with Crippen LogP contribution >= 0.6 is 0 Å². The van der Waals surface area contributed by atoms with Gasteiger partial charge in [-0.05, 0) is 19.5 Å². The lowest BCUT2D eigenvalue weighted by molar-refractivity contribution is 0.242. The highest BCUT2D eigenvalue weighted by atomic mass is 16.5. The molecule has 0 unspecified atom stereocenters. The number of hydrogen-bond acceptors (Lipinski definition) is 6. The minimum absolute atomic E-state index is 0.0806. The van der Waals surface area contributed by atoms with Gasteiger partial charge in [-0.1, -0.05) is 44.2 Å². The summed E-state index contributed by atoms with van der Waals surface area (Å²) in [6.07, 6.45) is 0.831. The van der Waals surface area contributed by atoms with Crippen LogP contribution in [0.2, 0.25) is 0 Å². The molecule has 0 saturated carbocycles. The number of phenolic OH excluding ortho intramolecular Hbond substituents is 1. The number of aromatic hydroxyl groups is 1. The van der Waals surface area contributed by atoms with Crippen LogP contribution in [0.15, 0.2) is 51.7 Å². The van der Waals surface area contributed by atoms with Crippen LogP contribution in [-0.4, -0.2) is 43.4 Å². The summed E-state index contributed by atoms with van der Waals surface area (Å²) in [7, 11) is 1.49. The summed E-state index contributed by atoms with van der Waals surface area (Å²) in [4.78, 5) is 15.0. The third kappa shape index (κ3) is 4.54. The van der Waals surface area contributed by atoms with E-state index in [2.05, 4.69) is 18.7 Å². The van der Waals surface area contributed by atoms with Crippen LogP contribution in [0.4, 0.5) is 0 Å². The smallest absolute Gasteiger partial charge is 0.205 e. The largest absolute Gasteiger partial charge is 0.507 e. The molecular weight excluding hydrogens is 370 g/mol. The number of ether oxygens (including phenoxy) is 2. The first-order chi connectivity index (χ1) is 14.1. The first-order valence-electron chi connectivity index (χ1n) is 9.87. The first-order valence-corrected chi connectivity index (χ1v) is 9.87. The normalized spacial score (nSPS) is 11.2. The molecule has 0 atom stereocenters. The van der Waals surface area contributed by atoms with Gasteiger partial charge in [0.1, 0.15) is 16.9 Å². The molecule has 0 aliphatic heterocycles. The van der Waals surface area contributed by atoms with Crippen molar-refractivity contribution in [1.29, 1.82) is 0 Å². The summed E-state index contributed by atoms with van der Waals surface area (Å²) in [6.45, 7) is 7.61. The average Bonchev–Trinajstić information content (AvgIpc) is 2.74. The summed E-state index contributed by atoms with van der Waals surface area (Å²) >= 11 is 0. The number of fused-ring (bicyclic) bond motifs is 1. The van der Waals surface area contributed by atoms with Crippen LogP contribution in [-0.2, 0) is 0 Å². The second-order valence-corrected chi connectivity index (χ2v) is 6.70. The van der Waals surface area contributed by atoms with Crippen molar-refractivity contribution in [3.05, 3.63) is 52.7 Å². The van der Waals surface area contributed by atoms with Crippen LogP contribution in [0.5, 0.6) is 17.2 Å². The van der Waals surface area contributed by atoms with Crippen LogP contribution in [0, 0.1) is 0 Å². The lowest BCUT2D eigenvalue weighted by Crippen LogP contribution is -2.25. The Bertz CT molecular complexity index is 1010. The zero-order valence-corrected chi connectivity index (χ0v) is 17.1. The highest BCUT2D eigenvalue weighted by Gasteiger charge is 2.20. The summed E-state index contributed by atoms with van der Waals surface area (Å²) in [5.41, 5.74) is 0.602. The molecule has 0 aliphatic rings. The SMILES string of the molecule is CCN(CC)CCCOc1cc(O)c2c(=O)cc(-c3ccccc3)oc2c1OC. The van der Waals surface area contributed by atoms with Crippen molar-refractivity contribution in [2.45, 2.75) is 20.3 Å². The van der Waals surface area contributed by atoms with Crippen molar-refractivity contribution in [3.8, 4) is 28.6 Å². The molecular formula is C23H27NO5. The number of rotatable bonds is 9. The van der Waals surface area contributed by atoms with Gasteiger partial charge in [0.25, 0.3) is 0 Å². The summed E-state index contributed by atoms with van der Waals surface area (Å²) in [6, 6.07) is 12.1. The van der Waals surface area contributed by atoms with E-state index >= 15 is 0 Å². The summed E-state index contributed by atoms with van der Waals surface area (Å²) in [5, 5.41) is 10.5. The van der Waals surface area contributed by atoms with E-state index in [1.54, 1.807) is 0 Å². The van der Waals surface area contributed by atoms with Gasteiger partial charge in [0.05, 0.1) is 13.7 Å². The Labute approximate surface area is 170 Å². The van der Waals surface area contributed by atoms with Crippen molar-refractivity contribution >= 4 is 11.0 Å². The van der Waals surface area contributed by atoms with Gasteiger partial charge in [-0.3, -0.25) is 4.79 Å².